The van der Waals surface area contributed by atoms with Gasteiger partial charge in [-0.05, 0) is 17.7 Å². The molecule has 0 saturated heterocycles. The molecule has 1 heterocycles. The molecule has 0 N–H and O–H groups in total. The van der Waals surface area contributed by atoms with Crippen LogP contribution in [0.2, 0.25) is 5.02 Å². The fourth-order valence-electron chi connectivity index (χ4n) is 2.43. The molecule has 3 aromatic rings. The Morgan fingerprint density at radius 1 is 1.24 bits per heavy atom. The largest absolute Gasteiger partial charge is 0.493 e. The van der Waals surface area contributed by atoms with Crippen LogP contribution in [-0.4, -0.2) is 17.0 Å². The molecular weight excluding hydrogens is 351 g/mol. The number of hydrogen-bond donors (Lipinski definition) is 0. The summed E-state index contributed by atoms with van der Waals surface area (Å²) in [4.78, 5) is 14.2. The second-order valence-electron chi connectivity index (χ2n) is 5.13. The molecule has 0 spiro atoms. The summed E-state index contributed by atoms with van der Waals surface area (Å²) in [6, 6.07) is 7.22. The van der Waals surface area contributed by atoms with Gasteiger partial charge in [0, 0.05) is 34.3 Å². The van der Waals surface area contributed by atoms with Crippen LogP contribution in [0.3, 0.4) is 0 Å². The zero-order chi connectivity index (χ0) is 18.0. The summed E-state index contributed by atoms with van der Waals surface area (Å²) < 4.78 is 24.4. The third-order valence-corrected chi connectivity index (χ3v) is 4.00. The van der Waals surface area contributed by atoms with Crippen LogP contribution in [0.4, 0.5) is 10.1 Å². The monoisotopic (exact) mass is 362 g/mol. The van der Waals surface area contributed by atoms with Crippen LogP contribution in [-0.2, 0) is 6.61 Å². The molecule has 0 saturated carbocycles. The van der Waals surface area contributed by atoms with Crippen LogP contribution in [0.5, 0.6) is 11.5 Å². The van der Waals surface area contributed by atoms with E-state index in [2.05, 4.69) is 4.98 Å². The second-order valence-corrected chi connectivity index (χ2v) is 5.54. The lowest BCUT2D eigenvalue weighted by Crippen LogP contribution is -2.01. The Bertz CT molecular complexity index is 965. The molecule has 6 nitrogen and oxygen atoms in total. The van der Waals surface area contributed by atoms with Gasteiger partial charge in [0.15, 0.2) is 11.5 Å². The average molecular weight is 363 g/mol. The maximum Gasteiger partial charge on any atom is 0.308 e. The molecule has 0 unspecified atom stereocenters. The van der Waals surface area contributed by atoms with Crippen molar-refractivity contribution in [2.24, 2.45) is 0 Å². The molecule has 1 aromatic heterocycles. The molecule has 128 valence electrons. The Morgan fingerprint density at radius 2 is 2.04 bits per heavy atom. The van der Waals surface area contributed by atoms with E-state index < -0.39 is 16.4 Å². The van der Waals surface area contributed by atoms with E-state index in [4.69, 9.17) is 21.1 Å². The van der Waals surface area contributed by atoms with E-state index in [0.29, 0.717) is 5.02 Å². The summed E-state index contributed by atoms with van der Waals surface area (Å²) in [5.74, 6) is -0.850. The van der Waals surface area contributed by atoms with Crippen LogP contribution in [0.25, 0.3) is 10.8 Å². The minimum Gasteiger partial charge on any atom is -0.493 e. The molecule has 2 aromatic carbocycles. The first-order chi connectivity index (χ1) is 12.0. The van der Waals surface area contributed by atoms with Crippen molar-refractivity contribution in [3.8, 4) is 11.5 Å². The summed E-state index contributed by atoms with van der Waals surface area (Å²) in [6.45, 7) is 0.0819. The van der Waals surface area contributed by atoms with E-state index in [-0.39, 0.29) is 18.1 Å². The van der Waals surface area contributed by atoms with Crippen LogP contribution < -0.4 is 9.47 Å². The Balaban J connectivity index is 1.96. The van der Waals surface area contributed by atoms with Gasteiger partial charge in [-0.2, -0.15) is 4.39 Å². The number of benzene rings is 2. The normalized spacial score (nSPS) is 10.7. The Labute approximate surface area is 146 Å². The molecule has 25 heavy (non-hydrogen) atoms. The predicted molar refractivity (Wildman–Crippen MR) is 90.7 cm³/mol. The van der Waals surface area contributed by atoms with Crippen molar-refractivity contribution >= 4 is 28.1 Å². The van der Waals surface area contributed by atoms with E-state index >= 15 is 0 Å². The van der Waals surface area contributed by atoms with E-state index in [0.717, 1.165) is 28.5 Å². The predicted octanol–water partition coefficient (Wildman–Crippen LogP) is 4.52. The molecule has 0 amide bonds. The number of aromatic nitrogens is 1. The summed E-state index contributed by atoms with van der Waals surface area (Å²) in [5, 5.41) is 13.1. The topological polar surface area (TPSA) is 74.5 Å². The Morgan fingerprint density at radius 3 is 2.76 bits per heavy atom. The lowest BCUT2D eigenvalue weighted by atomic mass is 10.1. The molecule has 8 heteroatoms. The SMILES string of the molecule is COc1cc(F)c([N+](=O)[O-])cc1OCc1ccc(Cl)c2ccncc12. The molecule has 0 aliphatic heterocycles. The van der Waals surface area contributed by atoms with Crippen molar-refractivity contribution in [1.82, 2.24) is 4.98 Å². The summed E-state index contributed by atoms with van der Waals surface area (Å²) >= 11 is 6.16. The molecule has 0 aliphatic carbocycles. The molecule has 3 rings (SSSR count). The number of hydrogen-bond acceptors (Lipinski definition) is 5. The highest BCUT2D eigenvalue weighted by molar-refractivity contribution is 6.35. The van der Waals surface area contributed by atoms with Crippen LogP contribution in [0.15, 0.2) is 42.7 Å². The molecule has 0 radical (unpaired) electrons. The van der Waals surface area contributed by atoms with E-state index in [1.807, 2.05) is 0 Å². The highest BCUT2D eigenvalue weighted by atomic mass is 35.5. The number of pyridine rings is 1. The van der Waals surface area contributed by atoms with Gasteiger partial charge in [-0.15, -0.1) is 0 Å². The fourth-order valence-corrected chi connectivity index (χ4v) is 2.66. The van der Waals surface area contributed by atoms with Gasteiger partial charge in [-0.25, -0.2) is 0 Å². The van der Waals surface area contributed by atoms with Crippen LogP contribution in [0.1, 0.15) is 5.56 Å². The zero-order valence-corrected chi connectivity index (χ0v) is 13.8. The molecule has 0 fully saturated rings. The van der Waals surface area contributed by atoms with Crippen molar-refractivity contribution in [2.75, 3.05) is 7.11 Å². The van der Waals surface area contributed by atoms with Gasteiger partial charge in [0.1, 0.15) is 6.61 Å². The van der Waals surface area contributed by atoms with Crippen molar-refractivity contribution in [2.45, 2.75) is 6.61 Å². The van der Waals surface area contributed by atoms with Gasteiger partial charge < -0.3 is 9.47 Å². The molecule has 0 bridgehead atoms. The number of halogens is 2. The van der Waals surface area contributed by atoms with E-state index in [1.165, 1.54) is 7.11 Å². The quantitative estimate of drug-likeness (QED) is 0.492. The maximum absolute atomic E-state index is 13.7. The van der Waals surface area contributed by atoms with Gasteiger partial charge in [-0.1, -0.05) is 17.7 Å². The van der Waals surface area contributed by atoms with Gasteiger partial charge >= 0.3 is 5.69 Å². The summed E-state index contributed by atoms with van der Waals surface area (Å²) in [5.41, 5.74) is 0.0972. The summed E-state index contributed by atoms with van der Waals surface area (Å²) in [6.07, 6.45) is 3.29. The number of nitrogens with zero attached hydrogens (tertiary/aromatic N) is 2. The highest BCUT2D eigenvalue weighted by Gasteiger charge is 2.20. The Kier molecular flexibility index (Phi) is 4.67. The van der Waals surface area contributed by atoms with E-state index in [9.17, 15) is 14.5 Å². The number of rotatable bonds is 5. The third kappa shape index (κ3) is 3.32. The standard InChI is InChI=1S/C17H12ClFN2O4/c1-24-16-6-14(19)15(21(22)23)7-17(16)25-9-10-2-3-13(18)11-4-5-20-8-12(10)11/h2-8H,9H2,1H3. The first kappa shape index (κ1) is 16.9. The highest BCUT2D eigenvalue weighted by Crippen LogP contribution is 2.35. The third-order valence-electron chi connectivity index (χ3n) is 3.67. The fraction of sp³-hybridized carbons (Fsp3) is 0.118. The van der Waals surface area contributed by atoms with Crippen molar-refractivity contribution < 1.29 is 18.8 Å². The first-order valence-electron chi connectivity index (χ1n) is 7.17. The maximum atomic E-state index is 13.7. The minimum atomic E-state index is -0.990. The Hall–Kier alpha value is -2.93. The van der Waals surface area contributed by atoms with Crippen LogP contribution in [0, 0.1) is 15.9 Å². The van der Waals surface area contributed by atoms with Gasteiger partial charge in [-0.3, -0.25) is 15.1 Å². The number of ether oxygens (including phenoxy) is 2. The van der Waals surface area contributed by atoms with Gasteiger partial charge in [0.05, 0.1) is 18.1 Å². The lowest BCUT2D eigenvalue weighted by molar-refractivity contribution is -0.387. The number of nitro groups is 1. The minimum absolute atomic E-state index is 0.0690. The van der Waals surface area contributed by atoms with Crippen molar-refractivity contribution in [3.05, 3.63) is 69.2 Å². The number of methoxy groups -OCH3 is 1. The van der Waals surface area contributed by atoms with Gasteiger partial charge in [0.2, 0.25) is 5.82 Å². The van der Waals surface area contributed by atoms with Crippen LogP contribution >= 0.6 is 11.6 Å². The average Bonchev–Trinajstić information content (AvgIpc) is 2.61. The molecule has 0 aliphatic rings. The molecular formula is C17H12ClFN2O4. The number of fused-ring (bicyclic) bond motifs is 1. The summed E-state index contributed by atoms with van der Waals surface area (Å²) in [7, 11) is 1.33. The van der Waals surface area contributed by atoms with E-state index in [1.54, 1.807) is 30.6 Å². The first-order valence-corrected chi connectivity index (χ1v) is 7.55. The smallest absolute Gasteiger partial charge is 0.308 e. The second kappa shape index (κ2) is 6.90. The van der Waals surface area contributed by atoms with Gasteiger partial charge in [0.25, 0.3) is 0 Å². The molecule has 0 atom stereocenters. The van der Waals surface area contributed by atoms with Crippen molar-refractivity contribution in [3.63, 3.8) is 0 Å². The number of nitro benzene ring substituents is 1. The lowest BCUT2D eigenvalue weighted by Gasteiger charge is -2.12. The zero-order valence-electron chi connectivity index (χ0n) is 13.0. The van der Waals surface area contributed by atoms with Crippen molar-refractivity contribution in [1.29, 1.82) is 0 Å².